The van der Waals surface area contributed by atoms with Crippen LogP contribution < -0.4 is 0 Å². The zero-order chi connectivity index (χ0) is 31.6. The lowest BCUT2D eigenvalue weighted by atomic mass is 9.98. The van der Waals surface area contributed by atoms with Crippen molar-refractivity contribution >= 4 is 54.9 Å². The highest BCUT2D eigenvalue weighted by Crippen LogP contribution is 2.42. The van der Waals surface area contributed by atoms with Gasteiger partial charge in [0.1, 0.15) is 16.7 Å². The third kappa shape index (κ3) is 4.13. The second-order valence-electron chi connectivity index (χ2n) is 11.8. The third-order valence-corrected chi connectivity index (χ3v) is 8.95. The Morgan fingerprint density at radius 2 is 1.06 bits per heavy atom. The predicted octanol–water partition coefficient (Wildman–Crippen LogP) is 10.9. The van der Waals surface area contributed by atoms with Crippen molar-refractivity contribution in [2.24, 2.45) is 0 Å². The fourth-order valence-corrected chi connectivity index (χ4v) is 6.70. The first-order chi connectivity index (χ1) is 23.8. The number of hydrogen-bond donors (Lipinski definition) is 0. The van der Waals surface area contributed by atoms with E-state index in [0.29, 0.717) is 23.2 Å². The summed E-state index contributed by atoms with van der Waals surface area (Å²) < 4.78 is 13.1. The molecule has 6 heteroatoms. The number of benzene rings is 6. The Labute approximate surface area is 274 Å². The highest BCUT2D eigenvalue weighted by atomic mass is 16.3. The maximum atomic E-state index is 6.63. The van der Waals surface area contributed by atoms with Gasteiger partial charge in [0.25, 0.3) is 0 Å². The van der Waals surface area contributed by atoms with Gasteiger partial charge in [0, 0.05) is 43.6 Å². The normalized spacial score (nSPS) is 11.8. The van der Waals surface area contributed by atoms with Gasteiger partial charge in [-0.05, 0) is 42.0 Å². The molecule has 0 spiro atoms. The van der Waals surface area contributed by atoms with Crippen LogP contribution in [0.25, 0.3) is 100 Å². The summed E-state index contributed by atoms with van der Waals surface area (Å²) in [6.07, 6.45) is 0. The van der Waals surface area contributed by atoms with Crippen molar-refractivity contribution in [2.45, 2.75) is 0 Å². The fourth-order valence-electron chi connectivity index (χ4n) is 6.70. The van der Waals surface area contributed by atoms with Crippen LogP contribution in [0, 0.1) is 0 Å². The van der Waals surface area contributed by atoms with Gasteiger partial charge in [-0.15, -0.1) is 0 Å². The van der Waals surface area contributed by atoms with Crippen LogP contribution in [0.1, 0.15) is 0 Å². The number of pyridine rings is 1. The molecule has 0 saturated heterocycles. The van der Waals surface area contributed by atoms with Gasteiger partial charge in [-0.3, -0.25) is 0 Å². The Hall–Kier alpha value is -6.66. The predicted molar refractivity (Wildman–Crippen MR) is 191 cm³/mol. The van der Waals surface area contributed by atoms with E-state index in [4.69, 9.17) is 28.8 Å². The van der Waals surface area contributed by atoms with Crippen LogP contribution in [0.15, 0.2) is 154 Å². The zero-order valence-corrected chi connectivity index (χ0v) is 25.5. The Kier molecular flexibility index (Phi) is 5.77. The van der Waals surface area contributed by atoms with E-state index in [1.54, 1.807) is 0 Å². The van der Waals surface area contributed by atoms with Gasteiger partial charge >= 0.3 is 0 Å². The van der Waals surface area contributed by atoms with Crippen LogP contribution >= 0.6 is 0 Å². The van der Waals surface area contributed by atoms with Crippen LogP contribution in [0.3, 0.4) is 0 Å². The maximum Gasteiger partial charge on any atom is 0.227 e. The number of rotatable bonds is 4. The average Bonchev–Trinajstić information content (AvgIpc) is 3.72. The highest BCUT2D eigenvalue weighted by molar-refractivity contribution is 6.17. The van der Waals surface area contributed by atoms with Gasteiger partial charge in [-0.25, -0.2) is 19.9 Å². The van der Waals surface area contributed by atoms with Crippen LogP contribution in [0.2, 0.25) is 0 Å². The first kappa shape index (κ1) is 26.5. The van der Waals surface area contributed by atoms with E-state index in [0.717, 1.165) is 77.0 Å². The van der Waals surface area contributed by atoms with E-state index in [9.17, 15) is 0 Å². The second kappa shape index (κ2) is 10.4. The van der Waals surface area contributed by atoms with Gasteiger partial charge in [0.05, 0.1) is 11.1 Å². The Bertz CT molecular complexity index is 2840. The topological polar surface area (TPSA) is 77.8 Å². The van der Waals surface area contributed by atoms with E-state index in [2.05, 4.69) is 48.5 Å². The molecule has 0 amide bonds. The molecule has 0 aliphatic carbocycles. The molecule has 0 atom stereocenters. The molecule has 0 saturated carbocycles. The van der Waals surface area contributed by atoms with Crippen LogP contribution in [0.4, 0.5) is 0 Å². The first-order valence-electron chi connectivity index (χ1n) is 15.8. The van der Waals surface area contributed by atoms with Gasteiger partial charge < -0.3 is 8.83 Å². The largest absolute Gasteiger partial charge is 0.455 e. The SMILES string of the molecule is c1ccc(-c2nc(-c3cccc4c3oc3ccccc34)nc(-c3ccc(-c4ccccc4)c4oc5nc6ccccc6cc5c34)n2)cc1. The summed E-state index contributed by atoms with van der Waals surface area (Å²) in [5, 5.41) is 4.90. The van der Waals surface area contributed by atoms with Crippen LogP contribution in [-0.2, 0) is 0 Å². The van der Waals surface area contributed by atoms with E-state index in [1.807, 2.05) is 97.1 Å². The van der Waals surface area contributed by atoms with E-state index >= 15 is 0 Å². The molecular formula is C42H24N4O2. The smallest absolute Gasteiger partial charge is 0.227 e. The van der Waals surface area contributed by atoms with E-state index in [1.165, 1.54) is 0 Å². The molecule has 6 aromatic carbocycles. The molecule has 224 valence electrons. The summed E-state index contributed by atoms with van der Waals surface area (Å²) >= 11 is 0. The van der Waals surface area contributed by atoms with Gasteiger partial charge in [0.15, 0.2) is 17.5 Å². The lowest BCUT2D eigenvalue weighted by molar-refractivity contribution is 0.657. The Morgan fingerprint density at radius 3 is 1.92 bits per heavy atom. The highest BCUT2D eigenvalue weighted by Gasteiger charge is 2.23. The van der Waals surface area contributed by atoms with Crippen molar-refractivity contribution in [3.05, 3.63) is 146 Å². The molecule has 10 aromatic rings. The molecule has 0 bridgehead atoms. The summed E-state index contributed by atoms with van der Waals surface area (Å²) in [5.41, 5.74) is 8.28. The number of nitrogens with zero attached hydrogens (tertiary/aromatic N) is 4. The molecule has 6 nitrogen and oxygen atoms in total. The molecule has 0 radical (unpaired) electrons. The first-order valence-corrected chi connectivity index (χ1v) is 15.8. The minimum Gasteiger partial charge on any atom is -0.455 e. The van der Waals surface area contributed by atoms with Crippen molar-refractivity contribution in [1.82, 2.24) is 19.9 Å². The molecule has 48 heavy (non-hydrogen) atoms. The molecule has 0 fully saturated rings. The number of hydrogen-bond acceptors (Lipinski definition) is 6. The monoisotopic (exact) mass is 616 g/mol. The van der Waals surface area contributed by atoms with E-state index < -0.39 is 0 Å². The lowest BCUT2D eigenvalue weighted by Crippen LogP contribution is -2.00. The number of fused-ring (bicyclic) bond motifs is 7. The van der Waals surface area contributed by atoms with Gasteiger partial charge in [-0.1, -0.05) is 109 Å². The summed E-state index contributed by atoms with van der Waals surface area (Å²) in [7, 11) is 0. The molecule has 0 N–H and O–H groups in total. The second-order valence-corrected chi connectivity index (χ2v) is 11.8. The quantitative estimate of drug-likeness (QED) is 0.196. The fraction of sp³-hybridized carbons (Fsp3) is 0. The summed E-state index contributed by atoms with van der Waals surface area (Å²) in [5.74, 6) is 1.63. The third-order valence-electron chi connectivity index (χ3n) is 8.95. The van der Waals surface area contributed by atoms with Crippen molar-refractivity contribution in [3.8, 4) is 45.3 Å². The zero-order valence-electron chi connectivity index (χ0n) is 25.5. The Morgan fingerprint density at radius 1 is 0.396 bits per heavy atom. The summed E-state index contributed by atoms with van der Waals surface area (Å²) in [4.78, 5) is 20.3. The van der Waals surface area contributed by atoms with Crippen molar-refractivity contribution in [1.29, 1.82) is 0 Å². The van der Waals surface area contributed by atoms with E-state index in [-0.39, 0.29) is 0 Å². The molecule has 4 aromatic heterocycles. The molecule has 10 rings (SSSR count). The summed E-state index contributed by atoms with van der Waals surface area (Å²) in [6, 6.07) is 48.9. The average molecular weight is 617 g/mol. The number of furan rings is 2. The molecule has 0 aliphatic rings. The molecule has 0 aliphatic heterocycles. The number of para-hydroxylation sites is 3. The standard InChI is InChI=1S/C42H24N4O2/c1-3-12-25(13-4-1)28-22-23-31(36-33-24-27-16-7-9-20-34(27)43-42(33)48-38(28)36)40-44-39(26-14-5-2-6-15-26)45-41(46-40)32-19-11-18-30-29-17-8-10-21-35(29)47-37(30)32/h1-24H. The van der Waals surface area contributed by atoms with Gasteiger partial charge in [-0.2, -0.15) is 0 Å². The van der Waals surface area contributed by atoms with Crippen molar-refractivity contribution in [3.63, 3.8) is 0 Å². The minimum atomic E-state index is 0.528. The van der Waals surface area contributed by atoms with Crippen LogP contribution in [0.5, 0.6) is 0 Å². The number of aromatic nitrogens is 4. The molecular weight excluding hydrogens is 592 g/mol. The van der Waals surface area contributed by atoms with Crippen molar-refractivity contribution < 1.29 is 8.83 Å². The Balaban J connectivity index is 1.29. The maximum absolute atomic E-state index is 6.63. The lowest BCUT2D eigenvalue weighted by Gasteiger charge is -2.11. The molecule has 4 heterocycles. The van der Waals surface area contributed by atoms with Gasteiger partial charge in [0.2, 0.25) is 5.71 Å². The van der Waals surface area contributed by atoms with Crippen molar-refractivity contribution in [2.75, 3.05) is 0 Å². The molecule has 0 unspecified atom stereocenters. The van der Waals surface area contributed by atoms with Crippen LogP contribution in [-0.4, -0.2) is 19.9 Å². The minimum absolute atomic E-state index is 0.528. The summed E-state index contributed by atoms with van der Waals surface area (Å²) in [6.45, 7) is 0.